The molecule has 0 aromatic rings. The Bertz CT molecular complexity index is 256. The fourth-order valence-electron chi connectivity index (χ4n) is 1.70. The lowest BCUT2D eigenvalue weighted by Crippen LogP contribution is -2.19. The first-order valence-corrected chi connectivity index (χ1v) is 4.18. The summed E-state index contributed by atoms with van der Waals surface area (Å²) in [6, 6.07) is 0. The van der Waals surface area contributed by atoms with Gasteiger partial charge in [0.1, 0.15) is 0 Å². The molecule has 0 atom stereocenters. The van der Waals surface area contributed by atoms with E-state index in [1.165, 1.54) is 29.6 Å². The van der Waals surface area contributed by atoms with Gasteiger partial charge >= 0.3 is 0 Å². The highest BCUT2D eigenvalue weighted by Gasteiger charge is 2.12. The van der Waals surface area contributed by atoms with Gasteiger partial charge in [0.05, 0.1) is 0 Å². The third-order valence-corrected chi connectivity index (χ3v) is 2.29. The van der Waals surface area contributed by atoms with Crippen molar-refractivity contribution in [1.29, 1.82) is 0 Å². The van der Waals surface area contributed by atoms with E-state index < -0.39 is 0 Å². The molecule has 0 saturated carbocycles. The van der Waals surface area contributed by atoms with Crippen molar-refractivity contribution < 1.29 is 0 Å². The van der Waals surface area contributed by atoms with E-state index in [0.29, 0.717) is 0 Å². The van der Waals surface area contributed by atoms with Crippen LogP contribution < -0.4 is 5.32 Å². The standard InChI is InChI=1S/C10H13N/c1-8-6-11-7-9-4-2-3-5-10(8)9/h4-6,11H,2-3,7H2,1H3. The molecule has 1 heteroatoms. The number of nitrogens with one attached hydrogen (secondary N) is 1. The fourth-order valence-corrected chi connectivity index (χ4v) is 1.70. The van der Waals surface area contributed by atoms with E-state index in [1.807, 2.05) is 0 Å². The minimum Gasteiger partial charge on any atom is -0.387 e. The van der Waals surface area contributed by atoms with E-state index in [1.54, 1.807) is 0 Å². The molecule has 0 spiro atoms. The molecule has 0 fully saturated rings. The van der Waals surface area contributed by atoms with Crippen molar-refractivity contribution in [3.05, 3.63) is 35.1 Å². The SMILES string of the molecule is CC1=CNCC2=CCCC=C12. The number of hydrogen-bond donors (Lipinski definition) is 1. The van der Waals surface area contributed by atoms with Crippen LogP contribution in [-0.4, -0.2) is 6.54 Å². The van der Waals surface area contributed by atoms with E-state index >= 15 is 0 Å². The average molecular weight is 147 g/mol. The number of hydrogen-bond acceptors (Lipinski definition) is 1. The van der Waals surface area contributed by atoms with Crippen LogP contribution in [0.15, 0.2) is 35.1 Å². The van der Waals surface area contributed by atoms with Crippen molar-refractivity contribution in [2.24, 2.45) is 0 Å². The molecule has 2 aliphatic rings. The van der Waals surface area contributed by atoms with E-state index in [-0.39, 0.29) is 0 Å². The Morgan fingerprint density at radius 2 is 2.09 bits per heavy atom. The van der Waals surface area contributed by atoms with E-state index in [4.69, 9.17) is 0 Å². The van der Waals surface area contributed by atoms with Crippen LogP contribution in [-0.2, 0) is 0 Å². The predicted molar refractivity (Wildman–Crippen MR) is 47.2 cm³/mol. The first-order valence-electron chi connectivity index (χ1n) is 4.18. The lowest BCUT2D eigenvalue weighted by atomic mass is 9.91. The Hall–Kier alpha value is -0.980. The molecule has 58 valence electrons. The third-order valence-electron chi connectivity index (χ3n) is 2.29. The average Bonchev–Trinajstić information content (AvgIpc) is 2.06. The molecule has 0 radical (unpaired) electrons. The van der Waals surface area contributed by atoms with Gasteiger partial charge in [-0.25, -0.2) is 0 Å². The topological polar surface area (TPSA) is 12.0 Å². The Morgan fingerprint density at radius 1 is 1.27 bits per heavy atom. The number of allylic oxidation sites excluding steroid dienone is 3. The zero-order valence-corrected chi connectivity index (χ0v) is 6.85. The van der Waals surface area contributed by atoms with Crippen LogP contribution >= 0.6 is 0 Å². The summed E-state index contributed by atoms with van der Waals surface area (Å²) in [7, 11) is 0. The number of fused-ring (bicyclic) bond motifs is 1. The monoisotopic (exact) mass is 147 g/mol. The molecule has 0 unspecified atom stereocenters. The van der Waals surface area contributed by atoms with Gasteiger partial charge in [0.15, 0.2) is 0 Å². The highest BCUT2D eigenvalue weighted by atomic mass is 14.8. The van der Waals surface area contributed by atoms with Crippen molar-refractivity contribution in [2.45, 2.75) is 19.8 Å². The maximum atomic E-state index is 3.26. The van der Waals surface area contributed by atoms with Crippen molar-refractivity contribution >= 4 is 0 Å². The van der Waals surface area contributed by atoms with Gasteiger partial charge in [0.2, 0.25) is 0 Å². The maximum Gasteiger partial charge on any atom is 0.0398 e. The summed E-state index contributed by atoms with van der Waals surface area (Å²) in [4.78, 5) is 0. The quantitative estimate of drug-likeness (QED) is 0.553. The van der Waals surface area contributed by atoms with Crippen molar-refractivity contribution in [2.75, 3.05) is 6.54 Å². The molecule has 0 aromatic carbocycles. The zero-order valence-electron chi connectivity index (χ0n) is 6.85. The minimum absolute atomic E-state index is 1.02. The van der Waals surface area contributed by atoms with E-state index in [9.17, 15) is 0 Å². The van der Waals surface area contributed by atoms with Crippen LogP contribution in [0.4, 0.5) is 0 Å². The Morgan fingerprint density at radius 3 is 2.91 bits per heavy atom. The molecular formula is C10H13N. The molecule has 0 amide bonds. The van der Waals surface area contributed by atoms with Gasteiger partial charge in [-0.15, -0.1) is 0 Å². The molecule has 1 N–H and O–H groups in total. The Kier molecular flexibility index (Phi) is 1.57. The van der Waals surface area contributed by atoms with Crippen LogP contribution in [0.5, 0.6) is 0 Å². The molecule has 1 heterocycles. The predicted octanol–water partition coefficient (Wildman–Crippen LogP) is 2.14. The molecular weight excluding hydrogens is 134 g/mol. The molecule has 1 aliphatic heterocycles. The largest absolute Gasteiger partial charge is 0.387 e. The van der Waals surface area contributed by atoms with Crippen molar-refractivity contribution in [1.82, 2.24) is 5.32 Å². The van der Waals surface area contributed by atoms with Crippen molar-refractivity contribution in [3.8, 4) is 0 Å². The van der Waals surface area contributed by atoms with Crippen LogP contribution in [0.25, 0.3) is 0 Å². The van der Waals surface area contributed by atoms with Gasteiger partial charge in [0, 0.05) is 12.7 Å². The first kappa shape index (κ1) is 6.71. The lowest BCUT2D eigenvalue weighted by Gasteiger charge is -2.21. The maximum absolute atomic E-state index is 3.26. The second kappa shape index (κ2) is 2.57. The van der Waals surface area contributed by atoms with Crippen LogP contribution in [0.3, 0.4) is 0 Å². The molecule has 1 aliphatic carbocycles. The smallest absolute Gasteiger partial charge is 0.0398 e. The summed E-state index contributed by atoms with van der Waals surface area (Å²) in [5.41, 5.74) is 4.33. The van der Waals surface area contributed by atoms with Gasteiger partial charge in [-0.3, -0.25) is 0 Å². The summed E-state index contributed by atoms with van der Waals surface area (Å²) < 4.78 is 0. The molecule has 0 bridgehead atoms. The minimum atomic E-state index is 1.02. The molecule has 1 nitrogen and oxygen atoms in total. The van der Waals surface area contributed by atoms with Gasteiger partial charge < -0.3 is 5.32 Å². The normalized spacial score (nSPS) is 22.5. The summed E-state index contributed by atoms with van der Waals surface area (Å²) in [6.45, 7) is 3.18. The van der Waals surface area contributed by atoms with E-state index in [0.717, 1.165) is 6.54 Å². The zero-order chi connectivity index (χ0) is 7.68. The molecule has 2 rings (SSSR count). The molecule has 11 heavy (non-hydrogen) atoms. The van der Waals surface area contributed by atoms with Gasteiger partial charge in [0.25, 0.3) is 0 Å². The van der Waals surface area contributed by atoms with Gasteiger partial charge in [-0.1, -0.05) is 12.2 Å². The lowest BCUT2D eigenvalue weighted by molar-refractivity contribution is 0.862. The highest BCUT2D eigenvalue weighted by molar-refractivity contribution is 5.50. The molecule has 0 aromatic heterocycles. The second-order valence-corrected chi connectivity index (χ2v) is 3.13. The fraction of sp³-hybridized carbons (Fsp3) is 0.400. The van der Waals surface area contributed by atoms with Crippen LogP contribution in [0.2, 0.25) is 0 Å². The summed E-state index contributed by atoms with van der Waals surface area (Å²) in [6.07, 6.45) is 9.23. The third kappa shape index (κ3) is 1.11. The van der Waals surface area contributed by atoms with Crippen LogP contribution in [0, 0.1) is 0 Å². The Balaban J connectivity index is 2.38. The first-order chi connectivity index (χ1) is 5.38. The summed E-state index contributed by atoms with van der Waals surface area (Å²) in [5, 5.41) is 3.26. The van der Waals surface area contributed by atoms with Gasteiger partial charge in [-0.2, -0.15) is 0 Å². The Labute approximate surface area is 67.5 Å². The number of rotatable bonds is 0. The van der Waals surface area contributed by atoms with Crippen LogP contribution in [0.1, 0.15) is 19.8 Å². The van der Waals surface area contributed by atoms with E-state index in [2.05, 4.69) is 30.6 Å². The summed E-state index contributed by atoms with van der Waals surface area (Å²) >= 11 is 0. The highest BCUT2D eigenvalue weighted by Crippen LogP contribution is 2.26. The second-order valence-electron chi connectivity index (χ2n) is 3.13. The summed E-state index contributed by atoms with van der Waals surface area (Å²) in [5.74, 6) is 0. The molecule has 0 saturated heterocycles. The van der Waals surface area contributed by atoms with Crippen molar-refractivity contribution in [3.63, 3.8) is 0 Å². The van der Waals surface area contributed by atoms with Gasteiger partial charge in [-0.05, 0) is 36.5 Å².